The number of amides is 1. The molecule has 1 unspecified atom stereocenters. The van der Waals surface area contributed by atoms with Crippen molar-refractivity contribution in [2.45, 2.75) is 26.3 Å². The highest BCUT2D eigenvalue weighted by Gasteiger charge is 2.17. The molecule has 0 bridgehead atoms. The summed E-state index contributed by atoms with van der Waals surface area (Å²) in [6, 6.07) is 3.22. The number of nitrogens with one attached hydrogen (secondary N) is 1. The van der Waals surface area contributed by atoms with Crippen LogP contribution in [-0.2, 0) is 0 Å². The quantitative estimate of drug-likeness (QED) is 0.913. The maximum Gasteiger partial charge on any atom is 0.254 e. The van der Waals surface area contributed by atoms with Crippen molar-refractivity contribution in [1.29, 1.82) is 0 Å². The second-order valence-corrected chi connectivity index (χ2v) is 4.56. The average Bonchev–Trinajstić information content (AvgIpc) is 2.27. The zero-order valence-corrected chi connectivity index (χ0v) is 11.5. The van der Waals surface area contributed by atoms with E-state index < -0.39 is 0 Å². The van der Waals surface area contributed by atoms with Crippen LogP contribution in [0.2, 0.25) is 10.0 Å². The summed E-state index contributed by atoms with van der Waals surface area (Å²) in [5, 5.41) is 3.39. The van der Waals surface area contributed by atoms with Crippen LogP contribution in [0.3, 0.4) is 0 Å². The summed E-state index contributed by atoms with van der Waals surface area (Å²) in [6.07, 6.45) is 0.844. The van der Waals surface area contributed by atoms with Crippen molar-refractivity contribution in [3.05, 3.63) is 27.7 Å². The maximum absolute atomic E-state index is 11.9. The molecule has 0 fully saturated rings. The van der Waals surface area contributed by atoms with Crippen LogP contribution in [0, 0.1) is 0 Å². The topological polar surface area (TPSA) is 38.3 Å². The van der Waals surface area contributed by atoms with E-state index in [9.17, 15) is 4.79 Å². The van der Waals surface area contributed by atoms with Gasteiger partial charge in [-0.3, -0.25) is 4.79 Å². The predicted molar refractivity (Wildman–Crippen MR) is 70.2 cm³/mol. The number of benzene rings is 1. The first-order valence-corrected chi connectivity index (χ1v) is 6.09. The molecular weight excluding hydrogens is 261 g/mol. The van der Waals surface area contributed by atoms with Gasteiger partial charge >= 0.3 is 0 Å². The highest BCUT2D eigenvalue weighted by molar-refractivity contribution is 6.39. The summed E-state index contributed by atoms with van der Waals surface area (Å²) in [7, 11) is 1.51. The normalized spacial score (nSPS) is 12.1. The van der Waals surface area contributed by atoms with Gasteiger partial charge in [-0.2, -0.15) is 0 Å². The zero-order valence-electron chi connectivity index (χ0n) is 10.0. The van der Waals surface area contributed by atoms with Gasteiger partial charge < -0.3 is 10.1 Å². The van der Waals surface area contributed by atoms with Gasteiger partial charge in [-0.05, 0) is 25.5 Å². The summed E-state index contributed by atoms with van der Waals surface area (Å²) in [5.74, 6) is 0.261. The lowest BCUT2D eigenvalue weighted by atomic mass is 10.1. The molecule has 94 valence electrons. The number of halogens is 2. The Morgan fingerprint density at radius 3 is 2.35 bits per heavy atom. The number of carbonyl (C=O) groups is 1. The van der Waals surface area contributed by atoms with Crippen LogP contribution in [0.25, 0.3) is 0 Å². The maximum atomic E-state index is 11.9. The summed E-state index contributed by atoms with van der Waals surface area (Å²) < 4.78 is 5.01. The Morgan fingerprint density at radius 2 is 1.94 bits per heavy atom. The molecule has 17 heavy (non-hydrogen) atoms. The molecule has 1 amide bonds. The lowest BCUT2D eigenvalue weighted by molar-refractivity contribution is 0.0939. The van der Waals surface area contributed by atoms with Crippen LogP contribution in [0.4, 0.5) is 0 Å². The molecule has 1 rings (SSSR count). The first-order chi connectivity index (χ1) is 7.99. The fraction of sp³-hybridized carbons (Fsp3) is 0.417. The highest BCUT2D eigenvalue weighted by atomic mass is 35.5. The van der Waals surface area contributed by atoms with Crippen molar-refractivity contribution in [2.24, 2.45) is 0 Å². The van der Waals surface area contributed by atoms with Gasteiger partial charge in [0.15, 0.2) is 0 Å². The van der Waals surface area contributed by atoms with Crippen LogP contribution >= 0.6 is 23.2 Å². The summed E-state index contributed by atoms with van der Waals surface area (Å²) in [6.45, 7) is 3.91. The molecule has 1 aromatic carbocycles. The van der Waals surface area contributed by atoms with Crippen molar-refractivity contribution in [3.63, 3.8) is 0 Å². The standard InChI is InChI=1S/C12H15Cl2NO2/c1-4-7(2)15-12(16)11-9(13)5-8(17-3)6-10(11)14/h5-7H,4H2,1-3H3,(H,15,16). The molecule has 5 heteroatoms. The van der Waals surface area contributed by atoms with Gasteiger partial charge in [0.1, 0.15) is 5.75 Å². The molecule has 3 nitrogen and oxygen atoms in total. The molecule has 0 aliphatic rings. The molecule has 0 aliphatic carbocycles. The van der Waals surface area contributed by atoms with Crippen molar-refractivity contribution < 1.29 is 9.53 Å². The summed E-state index contributed by atoms with van der Waals surface area (Å²) in [5.41, 5.74) is 0.287. The number of methoxy groups -OCH3 is 1. The Kier molecular flexibility index (Phi) is 5.09. The Balaban J connectivity index is 3.02. The van der Waals surface area contributed by atoms with E-state index in [0.717, 1.165) is 6.42 Å². The fourth-order valence-corrected chi connectivity index (χ4v) is 1.92. The third kappa shape index (κ3) is 3.51. The average molecular weight is 276 g/mol. The Hall–Kier alpha value is -0.930. The lowest BCUT2D eigenvalue weighted by Gasteiger charge is -2.14. The third-order valence-corrected chi connectivity index (χ3v) is 3.06. The highest BCUT2D eigenvalue weighted by Crippen LogP contribution is 2.30. The van der Waals surface area contributed by atoms with E-state index in [4.69, 9.17) is 27.9 Å². The third-order valence-electron chi connectivity index (χ3n) is 2.47. The predicted octanol–water partition coefficient (Wildman–Crippen LogP) is 3.53. The second-order valence-electron chi connectivity index (χ2n) is 3.75. The van der Waals surface area contributed by atoms with E-state index in [-0.39, 0.29) is 27.6 Å². The number of ether oxygens (including phenoxy) is 1. The zero-order chi connectivity index (χ0) is 13.0. The van der Waals surface area contributed by atoms with E-state index in [1.54, 1.807) is 12.1 Å². The van der Waals surface area contributed by atoms with Crippen LogP contribution < -0.4 is 10.1 Å². The Morgan fingerprint density at radius 1 is 1.41 bits per heavy atom. The monoisotopic (exact) mass is 275 g/mol. The molecule has 0 saturated carbocycles. The molecule has 1 N–H and O–H groups in total. The molecule has 0 aliphatic heterocycles. The minimum absolute atomic E-state index is 0.0803. The molecule has 0 radical (unpaired) electrons. The SMILES string of the molecule is CCC(C)NC(=O)c1c(Cl)cc(OC)cc1Cl. The molecule has 0 spiro atoms. The molecule has 0 aromatic heterocycles. The fourth-order valence-electron chi connectivity index (χ4n) is 1.28. The Bertz CT molecular complexity index is 398. The summed E-state index contributed by atoms with van der Waals surface area (Å²) >= 11 is 12.0. The number of hydrogen-bond acceptors (Lipinski definition) is 2. The molecule has 0 saturated heterocycles. The van der Waals surface area contributed by atoms with Crippen LogP contribution in [0.15, 0.2) is 12.1 Å². The lowest BCUT2D eigenvalue weighted by Crippen LogP contribution is -2.32. The van der Waals surface area contributed by atoms with Gasteiger partial charge in [-0.1, -0.05) is 30.1 Å². The van der Waals surface area contributed by atoms with E-state index in [1.165, 1.54) is 7.11 Å². The van der Waals surface area contributed by atoms with E-state index in [2.05, 4.69) is 5.32 Å². The first-order valence-electron chi connectivity index (χ1n) is 5.33. The second kappa shape index (κ2) is 6.12. The van der Waals surface area contributed by atoms with E-state index >= 15 is 0 Å². The van der Waals surface area contributed by atoms with Crippen LogP contribution in [0.5, 0.6) is 5.75 Å². The van der Waals surface area contributed by atoms with E-state index in [0.29, 0.717) is 5.75 Å². The van der Waals surface area contributed by atoms with Gasteiger partial charge in [0, 0.05) is 6.04 Å². The van der Waals surface area contributed by atoms with Gasteiger partial charge in [-0.25, -0.2) is 0 Å². The molecule has 1 aromatic rings. The van der Waals surface area contributed by atoms with Gasteiger partial charge in [-0.15, -0.1) is 0 Å². The first kappa shape index (κ1) is 14.1. The van der Waals surface area contributed by atoms with Crippen molar-refractivity contribution in [3.8, 4) is 5.75 Å². The van der Waals surface area contributed by atoms with E-state index in [1.807, 2.05) is 13.8 Å². The minimum Gasteiger partial charge on any atom is -0.497 e. The van der Waals surface area contributed by atoms with Crippen LogP contribution in [-0.4, -0.2) is 19.1 Å². The minimum atomic E-state index is -0.267. The van der Waals surface area contributed by atoms with Crippen LogP contribution in [0.1, 0.15) is 30.6 Å². The number of rotatable bonds is 4. The number of hydrogen-bond donors (Lipinski definition) is 1. The Labute approximate surface area is 111 Å². The summed E-state index contributed by atoms with van der Waals surface area (Å²) in [4.78, 5) is 11.9. The van der Waals surface area contributed by atoms with Gasteiger partial charge in [0.05, 0.1) is 22.7 Å². The smallest absolute Gasteiger partial charge is 0.254 e. The molecule has 1 atom stereocenters. The largest absolute Gasteiger partial charge is 0.497 e. The number of carbonyl (C=O) groups excluding carboxylic acids is 1. The molecular formula is C12H15Cl2NO2. The van der Waals surface area contributed by atoms with Crippen molar-refractivity contribution in [1.82, 2.24) is 5.32 Å². The van der Waals surface area contributed by atoms with Gasteiger partial charge in [0.25, 0.3) is 5.91 Å². The van der Waals surface area contributed by atoms with Crippen molar-refractivity contribution in [2.75, 3.05) is 7.11 Å². The van der Waals surface area contributed by atoms with Crippen molar-refractivity contribution >= 4 is 29.1 Å². The molecule has 0 heterocycles. The van der Waals surface area contributed by atoms with Gasteiger partial charge in [0.2, 0.25) is 0 Å².